The van der Waals surface area contributed by atoms with Crippen LogP contribution in [0.3, 0.4) is 0 Å². The van der Waals surface area contributed by atoms with E-state index in [-0.39, 0.29) is 11.4 Å². The molecular weight excluding hydrogens is 350 g/mol. The zero-order chi connectivity index (χ0) is 18.9. The molecule has 3 aromatic rings. The number of nitrogens with one attached hydrogen (secondary N) is 2. The van der Waals surface area contributed by atoms with E-state index in [1.807, 2.05) is 43.8 Å². The number of carbonyl (C=O) groups is 1. The van der Waals surface area contributed by atoms with Gasteiger partial charge in [-0.1, -0.05) is 23.8 Å². The molecule has 0 fully saturated rings. The lowest BCUT2D eigenvalue weighted by Crippen LogP contribution is -2.39. The molecule has 2 N–H and O–H groups in total. The normalized spacial score (nSPS) is 11.5. The van der Waals surface area contributed by atoms with Gasteiger partial charge in [0.2, 0.25) is 0 Å². The number of nitrogens with zero attached hydrogens (tertiary/aromatic N) is 1. The molecule has 7 heteroatoms. The van der Waals surface area contributed by atoms with Gasteiger partial charge >= 0.3 is 6.03 Å². The molecule has 26 heavy (non-hydrogen) atoms. The second-order valence-corrected chi connectivity index (χ2v) is 8.02. The van der Waals surface area contributed by atoms with Gasteiger partial charge in [-0.05, 0) is 49.7 Å². The van der Waals surface area contributed by atoms with Crippen LogP contribution in [0.5, 0.6) is 0 Å². The summed E-state index contributed by atoms with van der Waals surface area (Å²) in [4.78, 5) is 12.0. The molecule has 1 heterocycles. The van der Waals surface area contributed by atoms with Crippen LogP contribution in [0.4, 0.5) is 4.79 Å². The van der Waals surface area contributed by atoms with Gasteiger partial charge < -0.3 is 9.88 Å². The van der Waals surface area contributed by atoms with E-state index < -0.39 is 16.1 Å². The summed E-state index contributed by atoms with van der Waals surface area (Å²) in [6, 6.07) is 13.5. The maximum absolute atomic E-state index is 12.2. The van der Waals surface area contributed by atoms with Crippen molar-refractivity contribution in [1.29, 1.82) is 0 Å². The van der Waals surface area contributed by atoms with Gasteiger partial charge in [0.25, 0.3) is 10.0 Å². The van der Waals surface area contributed by atoms with Crippen LogP contribution in [-0.4, -0.2) is 19.0 Å². The predicted molar refractivity (Wildman–Crippen MR) is 101 cm³/mol. The maximum Gasteiger partial charge on any atom is 0.328 e. The highest BCUT2D eigenvalue weighted by Crippen LogP contribution is 2.19. The Morgan fingerprint density at radius 2 is 1.73 bits per heavy atom. The second-order valence-electron chi connectivity index (χ2n) is 6.34. The highest BCUT2D eigenvalue weighted by molar-refractivity contribution is 7.90. The van der Waals surface area contributed by atoms with Crippen LogP contribution in [0.2, 0.25) is 0 Å². The molecule has 6 nitrogen and oxygen atoms in total. The predicted octanol–water partition coefficient (Wildman–Crippen LogP) is 2.98. The third-order valence-electron chi connectivity index (χ3n) is 4.36. The molecule has 1 aromatic heterocycles. The average Bonchev–Trinajstić information content (AvgIpc) is 2.87. The van der Waals surface area contributed by atoms with E-state index in [2.05, 4.69) is 16.0 Å². The van der Waals surface area contributed by atoms with Gasteiger partial charge in [-0.3, -0.25) is 0 Å². The van der Waals surface area contributed by atoms with Gasteiger partial charge in [0.15, 0.2) is 0 Å². The summed E-state index contributed by atoms with van der Waals surface area (Å²) >= 11 is 0. The third-order valence-corrected chi connectivity index (χ3v) is 5.71. The van der Waals surface area contributed by atoms with Crippen molar-refractivity contribution in [1.82, 2.24) is 14.6 Å². The zero-order valence-corrected chi connectivity index (χ0v) is 15.7. The van der Waals surface area contributed by atoms with Crippen molar-refractivity contribution >= 4 is 27.0 Å². The van der Waals surface area contributed by atoms with Crippen molar-refractivity contribution in [2.75, 3.05) is 0 Å². The number of sulfonamides is 1. The number of amides is 2. The molecule has 0 aliphatic heterocycles. The highest BCUT2D eigenvalue weighted by Gasteiger charge is 2.17. The van der Waals surface area contributed by atoms with Gasteiger partial charge in [-0.2, -0.15) is 0 Å². The van der Waals surface area contributed by atoms with E-state index in [1.54, 1.807) is 12.1 Å². The molecular formula is C19H21N3O3S. The quantitative estimate of drug-likeness (QED) is 0.740. The second kappa shape index (κ2) is 6.84. The first-order valence-electron chi connectivity index (χ1n) is 8.18. The SMILES string of the molecule is Cc1ccc(S(=O)(=O)NC(=O)NCc2ccc3c(c2)cc(C)n3C)cc1. The first-order chi connectivity index (χ1) is 12.3. The number of carbonyl (C=O) groups excluding carboxylic acids is 1. The fourth-order valence-electron chi connectivity index (χ4n) is 2.76. The van der Waals surface area contributed by atoms with Gasteiger partial charge in [0.05, 0.1) is 4.90 Å². The van der Waals surface area contributed by atoms with Gasteiger partial charge in [-0.25, -0.2) is 17.9 Å². The lowest BCUT2D eigenvalue weighted by molar-refractivity contribution is 0.245. The van der Waals surface area contributed by atoms with Crippen LogP contribution in [0.1, 0.15) is 16.8 Å². The largest absolute Gasteiger partial charge is 0.348 e. The summed E-state index contributed by atoms with van der Waals surface area (Å²) < 4.78 is 28.5. The van der Waals surface area contributed by atoms with Gasteiger partial charge in [0.1, 0.15) is 0 Å². The van der Waals surface area contributed by atoms with Crippen LogP contribution in [-0.2, 0) is 23.6 Å². The molecule has 0 bridgehead atoms. The molecule has 0 saturated heterocycles. The first kappa shape index (κ1) is 18.0. The van der Waals surface area contributed by atoms with Crippen molar-refractivity contribution in [3.05, 3.63) is 65.4 Å². The molecule has 2 amide bonds. The number of hydrogen-bond acceptors (Lipinski definition) is 3. The summed E-state index contributed by atoms with van der Waals surface area (Å²) in [6.07, 6.45) is 0. The third kappa shape index (κ3) is 3.72. The molecule has 136 valence electrons. The number of urea groups is 1. The Morgan fingerprint density at radius 3 is 2.42 bits per heavy atom. The average molecular weight is 371 g/mol. The molecule has 0 atom stereocenters. The van der Waals surface area contributed by atoms with Crippen LogP contribution in [0.15, 0.2) is 53.4 Å². The monoisotopic (exact) mass is 371 g/mol. The maximum atomic E-state index is 12.2. The topological polar surface area (TPSA) is 80.2 Å². The Morgan fingerprint density at radius 1 is 1.04 bits per heavy atom. The van der Waals surface area contributed by atoms with Crippen molar-refractivity contribution in [3.63, 3.8) is 0 Å². The minimum atomic E-state index is -3.88. The van der Waals surface area contributed by atoms with Crippen LogP contribution in [0.25, 0.3) is 10.9 Å². The minimum Gasteiger partial charge on any atom is -0.348 e. The van der Waals surface area contributed by atoms with Crippen molar-refractivity contribution in [2.24, 2.45) is 7.05 Å². The van der Waals surface area contributed by atoms with E-state index in [9.17, 15) is 13.2 Å². The number of hydrogen-bond donors (Lipinski definition) is 2. The van der Waals surface area contributed by atoms with E-state index in [4.69, 9.17) is 0 Å². The number of fused-ring (bicyclic) bond motifs is 1. The molecule has 0 radical (unpaired) electrons. The first-order valence-corrected chi connectivity index (χ1v) is 9.67. The summed E-state index contributed by atoms with van der Waals surface area (Å²) in [5.41, 5.74) is 4.09. The zero-order valence-electron chi connectivity index (χ0n) is 14.9. The number of aryl methyl sites for hydroxylation is 3. The van der Waals surface area contributed by atoms with E-state index in [1.165, 1.54) is 12.1 Å². The summed E-state index contributed by atoms with van der Waals surface area (Å²) in [5, 5.41) is 3.67. The van der Waals surface area contributed by atoms with Gasteiger partial charge in [0, 0.05) is 30.2 Å². The molecule has 2 aromatic carbocycles. The number of rotatable bonds is 4. The van der Waals surface area contributed by atoms with Crippen molar-refractivity contribution in [3.8, 4) is 0 Å². The lowest BCUT2D eigenvalue weighted by atomic mass is 10.1. The Bertz CT molecular complexity index is 1070. The van der Waals surface area contributed by atoms with E-state index >= 15 is 0 Å². The minimum absolute atomic E-state index is 0.0550. The molecule has 3 rings (SSSR count). The Balaban J connectivity index is 1.66. The van der Waals surface area contributed by atoms with E-state index in [0.717, 1.165) is 27.7 Å². The van der Waals surface area contributed by atoms with E-state index in [0.29, 0.717) is 0 Å². The molecule has 0 saturated carbocycles. The summed E-state index contributed by atoms with van der Waals surface area (Å²) in [5.74, 6) is 0. The summed E-state index contributed by atoms with van der Waals surface area (Å²) in [7, 11) is -1.88. The van der Waals surface area contributed by atoms with Crippen LogP contribution in [0, 0.1) is 13.8 Å². The van der Waals surface area contributed by atoms with Crippen LogP contribution >= 0.6 is 0 Å². The molecule has 0 aliphatic carbocycles. The lowest BCUT2D eigenvalue weighted by Gasteiger charge is -2.09. The van der Waals surface area contributed by atoms with Crippen molar-refractivity contribution in [2.45, 2.75) is 25.3 Å². The molecule has 0 spiro atoms. The molecule has 0 unspecified atom stereocenters. The molecule has 0 aliphatic rings. The smallest absolute Gasteiger partial charge is 0.328 e. The number of benzene rings is 2. The number of aromatic nitrogens is 1. The Hall–Kier alpha value is -2.80. The Labute approximate surface area is 152 Å². The summed E-state index contributed by atoms with van der Waals surface area (Å²) in [6.45, 7) is 4.13. The fourth-order valence-corrected chi connectivity index (χ4v) is 3.69. The van der Waals surface area contributed by atoms with Crippen molar-refractivity contribution < 1.29 is 13.2 Å². The Kier molecular flexibility index (Phi) is 4.73. The van der Waals surface area contributed by atoms with Gasteiger partial charge in [-0.15, -0.1) is 0 Å². The fraction of sp³-hybridized carbons (Fsp3) is 0.211. The van der Waals surface area contributed by atoms with Crippen LogP contribution < -0.4 is 10.0 Å². The standard InChI is InChI=1S/C19H21N3O3S/c1-13-4-7-17(8-5-13)26(24,25)21-19(23)20-12-15-6-9-18-16(11-15)10-14(2)22(18)3/h4-11H,12H2,1-3H3,(H2,20,21,23). The highest BCUT2D eigenvalue weighted by atomic mass is 32.2.